The highest BCUT2D eigenvalue weighted by atomic mass is 35.5. The van der Waals surface area contributed by atoms with Crippen molar-refractivity contribution < 1.29 is 9.59 Å². The van der Waals surface area contributed by atoms with Crippen molar-refractivity contribution >= 4 is 40.4 Å². The summed E-state index contributed by atoms with van der Waals surface area (Å²) >= 11 is 7.08. The zero-order chi connectivity index (χ0) is 20.5. The lowest BCUT2D eigenvalue weighted by atomic mass is 9.94. The molecular formula is C21H26ClN3O2S. The fraction of sp³-hybridized carbons (Fsp3) is 0.429. The summed E-state index contributed by atoms with van der Waals surface area (Å²) in [5.74, 6) is -0.112. The summed E-state index contributed by atoms with van der Waals surface area (Å²) < 4.78 is 0.539. The fourth-order valence-corrected chi connectivity index (χ4v) is 4.41. The molecule has 0 radical (unpaired) electrons. The summed E-state index contributed by atoms with van der Waals surface area (Å²) in [6.45, 7) is 7.64. The topological polar surface area (TPSA) is 61.4 Å². The van der Waals surface area contributed by atoms with E-state index in [0.717, 1.165) is 25.2 Å². The van der Waals surface area contributed by atoms with E-state index in [1.165, 1.54) is 22.5 Å². The highest BCUT2D eigenvalue weighted by Crippen LogP contribution is 2.28. The van der Waals surface area contributed by atoms with Gasteiger partial charge in [-0.3, -0.25) is 9.59 Å². The molecule has 0 saturated heterocycles. The Labute approximate surface area is 175 Å². The summed E-state index contributed by atoms with van der Waals surface area (Å²) in [4.78, 5) is 28.0. The van der Waals surface area contributed by atoms with Gasteiger partial charge in [-0.15, -0.1) is 11.3 Å². The highest BCUT2D eigenvalue weighted by molar-refractivity contribution is 7.18. The molecule has 0 spiro atoms. The van der Waals surface area contributed by atoms with Crippen molar-refractivity contribution in [2.24, 2.45) is 0 Å². The molecule has 2 amide bonds. The second kappa shape index (κ2) is 8.23. The number of rotatable bonds is 4. The fourth-order valence-electron chi connectivity index (χ4n) is 3.48. The Hall–Kier alpha value is -1.89. The Morgan fingerprint density at radius 2 is 2.00 bits per heavy atom. The van der Waals surface area contributed by atoms with E-state index in [-0.39, 0.29) is 11.8 Å². The van der Waals surface area contributed by atoms with Gasteiger partial charge in [-0.05, 0) is 68.6 Å². The first-order chi connectivity index (χ1) is 13.2. The van der Waals surface area contributed by atoms with Gasteiger partial charge >= 0.3 is 0 Å². The number of hydrogen-bond donors (Lipinski definition) is 2. The van der Waals surface area contributed by atoms with Gasteiger partial charge in [0.2, 0.25) is 5.91 Å². The summed E-state index contributed by atoms with van der Waals surface area (Å²) in [5.41, 5.74) is 2.30. The van der Waals surface area contributed by atoms with Crippen LogP contribution in [0.4, 0.5) is 5.69 Å². The van der Waals surface area contributed by atoms with E-state index in [1.54, 1.807) is 26.0 Å². The highest BCUT2D eigenvalue weighted by Gasteiger charge is 2.30. The number of amides is 2. The van der Waals surface area contributed by atoms with Gasteiger partial charge in [0.05, 0.1) is 9.21 Å². The average molecular weight is 420 g/mol. The van der Waals surface area contributed by atoms with Gasteiger partial charge in [0.25, 0.3) is 5.91 Å². The molecule has 0 bridgehead atoms. The summed E-state index contributed by atoms with van der Waals surface area (Å²) in [7, 11) is 2.14. The van der Waals surface area contributed by atoms with Crippen LogP contribution in [0.3, 0.4) is 0 Å². The van der Waals surface area contributed by atoms with Gasteiger partial charge in [-0.25, -0.2) is 0 Å². The van der Waals surface area contributed by atoms with Crippen molar-refractivity contribution in [1.82, 2.24) is 10.2 Å². The van der Waals surface area contributed by atoms with Crippen LogP contribution in [-0.2, 0) is 11.2 Å². The third-order valence-corrected chi connectivity index (χ3v) is 6.30. The number of likely N-dealkylation sites (N-methyl/N-ethyl adjacent to an activating group) is 1. The van der Waals surface area contributed by atoms with Crippen LogP contribution in [0, 0.1) is 0 Å². The van der Waals surface area contributed by atoms with Gasteiger partial charge in [-0.2, -0.15) is 0 Å². The van der Waals surface area contributed by atoms with E-state index in [9.17, 15) is 9.59 Å². The van der Waals surface area contributed by atoms with E-state index in [4.69, 9.17) is 11.6 Å². The van der Waals surface area contributed by atoms with Gasteiger partial charge < -0.3 is 15.5 Å². The standard InChI is InChI=1S/C21H26ClN3O2S/c1-13-12-25(4)10-9-14-11-15(5-6-16(13)14)23-20(27)21(2,3)24-19(26)17-7-8-18(22)28-17/h5-8,11,13H,9-10,12H2,1-4H3,(H,23,27)(H,24,26). The predicted molar refractivity (Wildman–Crippen MR) is 116 cm³/mol. The molecule has 1 aromatic heterocycles. The molecular weight excluding hydrogens is 394 g/mol. The van der Waals surface area contributed by atoms with Gasteiger partial charge in [-0.1, -0.05) is 24.6 Å². The van der Waals surface area contributed by atoms with Gasteiger partial charge in [0.15, 0.2) is 0 Å². The Balaban J connectivity index is 1.70. The van der Waals surface area contributed by atoms with E-state index < -0.39 is 5.54 Å². The van der Waals surface area contributed by atoms with Crippen LogP contribution >= 0.6 is 22.9 Å². The van der Waals surface area contributed by atoms with Crippen LogP contribution < -0.4 is 10.6 Å². The second-order valence-electron chi connectivity index (χ2n) is 7.96. The number of thiophene rings is 1. The molecule has 1 unspecified atom stereocenters. The second-order valence-corrected chi connectivity index (χ2v) is 9.68. The third-order valence-electron chi connectivity index (χ3n) is 5.07. The minimum atomic E-state index is -1.06. The molecule has 1 aromatic carbocycles. The number of halogens is 1. The minimum absolute atomic E-state index is 0.262. The Bertz CT molecular complexity index is 894. The van der Waals surface area contributed by atoms with Gasteiger partial charge in [0.1, 0.15) is 5.54 Å². The monoisotopic (exact) mass is 419 g/mol. The number of nitrogens with zero attached hydrogens (tertiary/aromatic N) is 1. The number of carbonyl (C=O) groups excluding carboxylic acids is 2. The SMILES string of the molecule is CC1CN(C)CCc2cc(NC(=O)C(C)(C)NC(=O)c3ccc(Cl)s3)ccc21. The lowest BCUT2D eigenvalue weighted by Gasteiger charge is -2.25. The first-order valence-corrected chi connectivity index (χ1v) is 10.6. The van der Waals surface area contributed by atoms with Crippen LogP contribution in [0.2, 0.25) is 4.34 Å². The van der Waals surface area contributed by atoms with Crippen molar-refractivity contribution in [1.29, 1.82) is 0 Å². The number of fused-ring (bicyclic) bond motifs is 1. The molecule has 2 aromatic rings. The average Bonchev–Trinajstić information content (AvgIpc) is 3.00. The Kier molecular flexibility index (Phi) is 6.12. The van der Waals surface area contributed by atoms with Crippen molar-refractivity contribution in [3.8, 4) is 0 Å². The number of hydrogen-bond acceptors (Lipinski definition) is 4. The van der Waals surface area contributed by atoms with Crippen LogP contribution in [0.25, 0.3) is 0 Å². The lowest BCUT2D eigenvalue weighted by Crippen LogP contribution is -2.52. The van der Waals surface area contributed by atoms with Crippen molar-refractivity contribution in [3.63, 3.8) is 0 Å². The van der Waals surface area contributed by atoms with Crippen LogP contribution in [0.5, 0.6) is 0 Å². The maximum absolute atomic E-state index is 12.8. The zero-order valence-corrected chi connectivity index (χ0v) is 18.2. The third kappa shape index (κ3) is 4.74. The molecule has 2 N–H and O–H groups in total. The molecule has 3 rings (SSSR count). The van der Waals surface area contributed by atoms with Crippen LogP contribution in [-0.4, -0.2) is 42.4 Å². The molecule has 2 heterocycles. The molecule has 0 aliphatic carbocycles. The normalized spacial score (nSPS) is 17.5. The minimum Gasteiger partial charge on any atom is -0.337 e. The maximum atomic E-state index is 12.8. The summed E-state index contributed by atoms with van der Waals surface area (Å²) in [6, 6.07) is 9.42. The van der Waals surface area contributed by atoms with E-state index >= 15 is 0 Å². The summed E-state index contributed by atoms with van der Waals surface area (Å²) in [6.07, 6.45) is 0.957. The molecule has 5 nitrogen and oxygen atoms in total. The predicted octanol–water partition coefficient (Wildman–Crippen LogP) is 4.14. The van der Waals surface area contributed by atoms with E-state index in [2.05, 4.69) is 41.6 Å². The molecule has 7 heteroatoms. The Morgan fingerprint density at radius 1 is 1.25 bits per heavy atom. The molecule has 28 heavy (non-hydrogen) atoms. The first-order valence-electron chi connectivity index (χ1n) is 9.36. The number of benzene rings is 1. The number of carbonyl (C=O) groups is 2. The van der Waals surface area contributed by atoms with Crippen LogP contribution in [0.15, 0.2) is 30.3 Å². The van der Waals surface area contributed by atoms with Crippen molar-refractivity contribution in [2.45, 2.75) is 38.6 Å². The maximum Gasteiger partial charge on any atom is 0.262 e. The largest absolute Gasteiger partial charge is 0.337 e. The zero-order valence-electron chi connectivity index (χ0n) is 16.6. The van der Waals surface area contributed by atoms with E-state index in [1.807, 2.05) is 6.07 Å². The van der Waals surface area contributed by atoms with E-state index in [0.29, 0.717) is 15.1 Å². The molecule has 150 valence electrons. The number of anilines is 1. The first kappa shape index (κ1) is 20.8. The number of nitrogens with one attached hydrogen (secondary N) is 2. The quantitative estimate of drug-likeness (QED) is 0.782. The summed E-state index contributed by atoms with van der Waals surface area (Å²) in [5, 5.41) is 5.74. The molecule has 0 saturated carbocycles. The smallest absolute Gasteiger partial charge is 0.262 e. The van der Waals surface area contributed by atoms with Crippen LogP contribution in [0.1, 0.15) is 47.5 Å². The van der Waals surface area contributed by atoms with Gasteiger partial charge in [0, 0.05) is 18.8 Å². The van der Waals surface area contributed by atoms with Crippen molar-refractivity contribution in [2.75, 3.05) is 25.5 Å². The Morgan fingerprint density at radius 3 is 2.68 bits per heavy atom. The molecule has 1 aliphatic rings. The van der Waals surface area contributed by atoms with Crippen molar-refractivity contribution in [3.05, 3.63) is 50.7 Å². The molecule has 1 aliphatic heterocycles. The molecule has 1 atom stereocenters. The molecule has 0 fully saturated rings. The lowest BCUT2D eigenvalue weighted by molar-refractivity contribution is -0.120.